The van der Waals surface area contributed by atoms with E-state index in [9.17, 15) is 4.79 Å². The second kappa shape index (κ2) is 4.79. The van der Waals surface area contributed by atoms with Gasteiger partial charge in [-0.1, -0.05) is 17.8 Å². The second-order valence-electron chi connectivity index (χ2n) is 3.81. The minimum atomic E-state index is -0.819. The molecule has 2 rings (SSSR count). The third kappa shape index (κ3) is 2.44. The predicted molar refractivity (Wildman–Crippen MR) is 68.5 cm³/mol. The fraction of sp³-hybridized carbons (Fsp3) is 0.333. The number of hydrogen-bond donors (Lipinski definition) is 1. The highest BCUT2D eigenvalue weighted by Gasteiger charge is 2.11. The highest BCUT2D eigenvalue weighted by Crippen LogP contribution is 2.24. The van der Waals surface area contributed by atoms with E-state index in [0.29, 0.717) is 0 Å². The molecule has 0 fully saturated rings. The number of rotatable bonds is 4. The van der Waals surface area contributed by atoms with Gasteiger partial charge < -0.3 is 9.67 Å². The van der Waals surface area contributed by atoms with Crippen molar-refractivity contribution in [1.82, 2.24) is 9.55 Å². The van der Waals surface area contributed by atoms with E-state index in [2.05, 4.69) is 4.98 Å². The summed E-state index contributed by atoms with van der Waals surface area (Å²) in [6, 6.07) is 6.10. The molecule has 0 aliphatic carbocycles. The monoisotopic (exact) mass is 250 g/mol. The van der Waals surface area contributed by atoms with Crippen molar-refractivity contribution in [3.05, 3.63) is 23.8 Å². The van der Waals surface area contributed by atoms with Gasteiger partial charge >= 0.3 is 5.97 Å². The van der Waals surface area contributed by atoms with Crippen molar-refractivity contribution in [3.8, 4) is 0 Å². The molecule has 2 aromatic rings. The van der Waals surface area contributed by atoms with Crippen LogP contribution < -0.4 is 0 Å². The number of carbonyl (C=O) groups is 1. The average molecular weight is 250 g/mol. The summed E-state index contributed by atoms with van der Waals surface area (Å²) in [6.07, 6.45) is 0. The Bertz CT molecular complexity index is 563. The highest BCUT2D eigenvalue weighted by atomic mass is 32.2. The van der Waals surface area contributed by atoms with Gasteiger partial charge in [0, 0.05) is 6.54 Å². The Labute approximate surface area is 104 Å². The van der Waals surface area contributed by atoms with E-state index in [1.807, 2.05) is 36.6 Å². The number of carboxylic acids is 1. The van der Waals surface area contributed by atoms with Crippen LogP contribution in [0.4, 0.5) is 0 Å². The lowest BCUT2D eigenvalue weighted by atomic mass is 10.2. The fourth-order valence-corrected chi connectivity index (χ4v) is 2.56. The minimum Gasteiger partial charge on any atom is -0.481 e. The third-order valence-corrected chi connectivity index (χ3v) is 3.47. The lowest BCUT2D eigenvalue weighted by Crippen LogP contribution is -2.01. The molecule has 1 N–H and O–H groups in total. The number of fused-ring (bicyclic) bond motifs is 1. The van der Waals surface area contributed by atoms with Crippen LogP contribution in [0, 0.1) is 6.92 Å². The molecule has 0 aliphatic heterocycles. The molecular formula is C12H14N2O2S. The second-order valence-corrected chi connectivity index (χ2v) is 4.76. The maximum atomic E-state index is 10.6. The van der Waals surface area contributed by atoms with E-state index in [1.54, 1.807) is 0 Å². The molecule has 5 heteroatoms. The van der Waals surface area contributed by atoms with E-state index in [0.717, 1.165) is 28.3 Å². The van der Waals surface area contributed by atoms with Gasteiger partial charge in [-0.3, -0.25) is 4.79 Å². The molecule has 17 heavy (non-hydrogen) atoms. The van der Waals surface area contributed by atoms with Crippen LogP contribution in [0.2, 0.25) is 0 Å². The number of nitrogens with zero attached hydrogens (tertiary/aromatic N) is 2. The number of carboxylic acid groups (broad SMARTS) is 1. The van der Waals surface area contributed by atoms with Crippen LogP contribution in [0.1, 0.15) is 12.5 Å². The Hall–Kier alpha value is -1.49. The van der Waals surface area contributed by atoms with Gasteiger partial charge in [0.2, 0.25) is 0 Å². The number of aliphatic carboxylic acids is 1. The molecule has 0 aliphatic rings. The van der Waals surface area contributed by atoms with Gasteiger partial charge in [0.05, 0.1) is 16.8 Å². The maximum Gasteiger partial charge on any atom is 0.313 e. The van der Waals surface area contributed by atoms with Crippen LogP contribution in [0.25, 0.3) is 11.0 Å². The molecule has 1 heterocycles. The van der Waals surface area contributed by atoms with Gasteiger partial charge in [0.25, 0.3) is 0 Å². The van der Waals surface area contributed by atoms with Crippen molar-refractivity contribution >= 4 is 28.8 Å². The van der Waals surface area contributed by atoms with Crippen molar-refractivity contribution < 1.29 is 9.90 Å². The van der Waals surface area contributed by atoms with E-state index < -0.39 is 5.97 Å². The number of aromatic nitrogens is 2. The molecule has 4 nitrogen and oxygen atoms in total. The molecule has 0 radical (unpaired) electrons. The number of hydrogen-bond acceptors (Lipinski definition) is 3. The van der Waals surface area contributed by atoms with Crippen LogP contribution >= 0.6 is 11.8 Å². The molecule has 0 saturated carbocycles. The Kier molecular flexibility index (Phi) is 3.38. The molecule has 0 atom stereocenters. The minimum absolute atomic E-state index is 0.0440. The lowest BCUT2D eigenvalue weighted by molar-refractivity contribution is -0.133. The van der Waals surface area contributed by atoms with Gasteiger partial charge in [0.15, 0.2) is 5.16 Å². The van der Waals surface area contributed by atoms with Crippen LogP contribution in [-0.4, -0.2) is 26.4 Å². The number of imidazole rings is 1. The van der Waals surface area contributed by atoms with Crippen LogP contribution in [0.5, 0.6) is 0 Å². The summed E-state index contributed by atoms with van der Waals surface area (Å²) in [7, 11) is 0. The van der Waals surface area contributed by atoms with Crippen molar-refractivity contribution in [1.29, 1.82) is 0 Å². The van der Waals surface area contributed by atoms with Gasteiger partial charge in [-0.25, -0.2) is 4.98 Å². The molecular weight excluding hydrogens is 236 g/mol. The Morgan fingerprint density at radius 2 is 2.29 bits per heavy atom. The van der Waals surface area contributed by atoms with Crippen molar-refractivity contribution in [2.75, 3.05) is 5.75 Å². The Morgan fingerprint density at radius 1 is 1.53 bits per heavy atom. The van der Waals surface area contributed by atoms with E-state index in [1.165, 1.54) is 11.8 Å². The summed E-state index contributed by atoms with van der Waals surface area (Å²) in [5.41, 5.74) is 3.15. The lowest BCUT2D eigenvalue weighted by Gasteiger charge is -2.03. The van der Waals surface area contributed by atoms with Gasteiger partial charge in [-0.2, -0.15) is 0 Å². The molecule has 90 valence electrons. The normalized spacial score (nSPS) is 10.9. The molecule has 1 aromatic carbocycles. The fourth-order valence-electron chi connectivity index (χ4n) is 1.76. The van der Waals surface area contributed by atoms with Gasteiger partial charge in [-0.05, 0) is 31.5 Å². The zero-order chi connectivity index (χ0) is 12.4. The standard InChI is InChI=1S/C12H14N2O2S/c1-3-14-10-5-4-8(2)6-9(10)13-12(14)17-7-11(15)16/h4-6H,3,7H2,1-2H3,(H,15,16). The van der Waals surface area contributed by atoms with Crippen molar-refractivity contribution in [2.45, 2.75) is 25.5 Å². The van der Waals surface area contributed by atoms with Crippen LogP contribution in [0.15, 0.2) is 23.4 Å². The van der Waals surface area contributed by atoms with Crippen LogP contribution in [0.3, 0.4) is 0 Å². The zero-order valence-corrected chi connectivity index (χ0v) is 10.6. The summed E-state index contributed by atoms with van der Waals surface area (Å²) in [5.74, 6) is -0.775. The molecule has 0 spiro atoms. The number of thioether (sulfide) groups is 1. The molecule has 0 amide bonds. The summed E-state index contributed by atoms with van der Waals surface area (Å²) >= 11 is 1.26. The topological polar surface area (TPSA) is 55.1 Å². The Balaban J connectivity index is 2.44. The summed E-state index contributed by atoms with van der Waals surface area (Å²) < 4.78 is 2.04. The summed E-state index contributed by atoms with van der Waals surface area (Å²) in [5, 5.41) is 9.47. The van der Waals surface area contributed by atoms with E-state index in [4.69, 9.17) is 5.11 Å². The smallest absolute Gasteiger partial charge is 0.313 e. The maximum absolute atomic E-state index is 10.6. The van der Waals surface area contributed by atoms with Crippen molar-refractivity contribution in [2.24, 2.45) is 0 Å². The number of benzene rings is 1. The first kappa shape index (κ1) is 12.0. The molecule has 0 unspecified atom stereocenters. The number of aryl methyl sites for hydroxylation is 2. The summed E-state index contributed by atoms with van der Waals surface area (Å²) in [4.78, 5) is 15.1. The van der Waals surface area contributed by atoms with Crippen LogP contribution in [-0.2, 0) is 11.3 Å². The van der Waals surface area contributed by atoms with E-state index in [-0.39, 0.29) is 5.75 Å². The first-order valence-corrected chi connectivity index (χ1v) is 6.42. The molecule has 1 aromatic heterocycles. The third-order valence-electron chi connectivity index (χ3n) is 2.51. The predicted octanol–water partition coefficient (Wildman–Crippen LogP) is 2.54. The largest absolute Gasteiger partial charge is 0.481 e. The molecule has 0 saturated heterocycles. The zero-order valence-electron chi connectivity index (χ0n) is 9.80. The highest BCUT2D eigenvalue weighted by molar-refractivity contribution is 7.99. The first-order valence-electron chi connectivity index (χ1n) is 5.43. The average Bonchev–Trinajstić information content (AvgIpc) is 2.62. The van der Waals surface area contributed by atoms with Gasteiger partial charge in [0.1, 0.15) is 0 Å². The van der Waals surface area contributed by atoms with E-state index >= 15 is 0 Å². The summed E-state index contributed by atoms with van der Waals surface area (Å²) in [6.45, 7) is 4.85. The first-order chi connectivity index (χ1) is 8.11. The SMILES string of the molecule is CCn1c(SCC(=O)O)nc2cc(C)ccc21. The van der Waals surface area contributed by atoms with Gasteiger partial charge in [-0.15, -0.1) is 0 Å². The van der Waals surface area contributed by atoms with Crippen molar-refractivity contribution in [3.63, 3.8) is 0 Å². The quantitative estimate of drug-likeness (QED) is 0.847. The molecule has 0 bridgehead atoms. The Morgan fingerprint density at radius 3 is 2.94 bits per heavy atom.